The van der Waals surface area contributed by atoms with E-state index in [1.807, 2.05) is 38.1 Å². The molecule has 118 valence electrons. The molecule has 0 aliphatic carbocycles. The number of hydrogen-bond acceptors (Lipinski definition) is 4. The van der Waals surface area contributed by atoms with Gasteiger partial charge in [-0.3, -0.25) is 0 Å². The Hall–Kier alpha value is -1.97. The van der Waals surface area contributed by atoms with Crippen LogP contribution in [0.4, 0.5) is 0 Å². The molecule has 0 aromatic heterocycles. The van der Waals surface area contributed by atoms with Gasteiger partial charge >= 0.3 is 5.97 Å². The molecule has 4 heteroatoms. The maximum absolute atomic E-state index is 12.5. The number of esters is 1. The zero-order valence-corrected chi connectivity index (χ0v) is 13.4. The molecule has 1 aromatic carbocycles. The first-order valence-corrected chi connectivity index (χ1v) is 7.98. The first-order chi connectivity index (χ1) is 10.5. The summed E-state index contributed by atoms with van der Waals surface area (Å²) in [5.74, 6) is 0.674. The molecule has 0 spiro atoms. The van der Waals surface area contributed by atoms with Gasteiger partial charge in [0.25, 0.3) is 0 Å². The highest BCUT2D eigenvalue weighted by atomic mass is 16.5. The van der Waals surface area contributed by atoms with Crippen LogP contribution < -0.4 is 10.1 Å². The van der Waals surface area contributed by atoms with E-state index in [0.29, 0.717) is 6.61 Å². The highest BCUT2D eigenvalue weighted by molar-refractivity contribution is 5.91. The highest BCUT2D eigenvalue weighted by Gasteiger charge is 2.45. The van der Waals surface area contributed by atoms with Gasteiger partial charge in [0.05, 0.1) is 12.2 Å². The second-order valence-electron chi connectivity index (χ2n) is 6.28. The van der Waals surface area contributed by atoms with E-state index in [4.69, 9.17) is 9.47 Å². The summed E-state index contributed by atoms with van der Waals surface area (Å²) in [6.07, 6.45) is 2.65. The van der Waals surface area contributed by atoms with E-state index < -0.39 is 5.72 Å². The number of para-hydroxylation sites is 1. The maximum Gasteiger partial charge on any atom is 0.336 e. The molecule has 1 aromatic rings. The van der Waals surface area contributed by atoms with Crippen molar-refractivity contribution in [2.24, 2.45) is 0 Å². The number of rotatable bonds is 4. The molecule has 1 N–H and O–H groups in total. The summed E-state index contributed by atoms with van der Waals surface area (Å²) in [6, 6.07) is 7.95. The minimum atomic E-state index is -0.462. The van der Waals surface area contributed by atoms with Crippen molar-refractivity contribution in [3.8, 4) is 5.75 Å². The highest BCUT2D eigenvalue weighted by Crippen LogP contribution is 2.47. The van der Waals surface area contributed by atoms with Crippen LogP contribution in [0.25, 0.3) is 0 Å². The summed E-state index contributed by atoms with van der Waals surface area (Å²) in [4.78, 5) is 12.5. The molecule has 2 heterocycles. The Kier molecular flexibility index (Phi) is 3.85. The summed E-state index contributed by atoms with van der Waals surface area (Å²) in [5.41, 5.74) is 2.21. The molecular weight excluding hydrogens is 278 g/mol. The summed E-state index contributed by atoms with van der Waals surface area (Å²) >= 11 is 0. The van der Waals surface area contributed by atoms with E-state index in [1.54, 1.807) is 0 Å². The normalized spacial score (nSPS) is 25.9. The Morgan fingerprint density at radius 3 is 3.00 bits per heavy atom. The number of carbonyl (C=O) groups is 1. The third-order valence-corrected chi connectivity index (χ3v) is 4.38. The van der Waals surface area contributed by atoms with Crippen LogP contribution in [0.1, 0.15) is 51.5 Å². The van der Waals surface area contributed by atoms with Gasteiger partial charge in [0.1, 0.15) is 5.75 Å². The van der Waals surface area contributed by atoms with Crippen LogP contribution in [0.2, 0.25) is 0 Å². The van der Waals surface area contributed by atoms with E-state index in [9.17, 15) is 4.79 Å². The molecule has 2 unspecified atom stereocenters. The molecule has 4 nitrogen and oxygen atoms in total. The van der Waals surface area contributed by atoms with E-state index >= 15 is 0 Å². The van der Waals surface area contributed by atoms with Gasteiger partial charge in [-0.1, -0.05) is 31.5 Å². The van der Waals surface area contributed by atoms with Gasteiger partial charge in [0.2, 0.25) is 0 Å². The van der Waals surface area contributed by atoms with Crippen LogP contribution >= 0.6 is 0 Å². The van der Waals surface area contributed by atoms with Crippen molar-refractivity contribution in [1.29, 1.82) is 0 Å². The lowest BCUT2D eigenvalue weighted by atomic mass is 9.78. The molecule has 0 radical (unpaired) electrons. The lowest BCUT2D eigenvalue weighted by molar-refractivity contribution is -0.140. The predicted molar refractivity (Wildman–Crippen MR) is 84.5 cm³/mol. The second-order valence-corrected chi connectivity index (χ2v) is 6.28. The minimum absolute atomic E-state index is 0.0327. The smallest absolute Gasteiger partial charge is 0.336 e. The van der Waals surface area contributed by atoms with Crippen LogP contribution in [0, 0.1) is 0 Å². The first-order valence-electron chi connectivity index (χ1n) is 7.98. The van der Waals surface area contributed by atoms with Crippen molar-refractivity contribution in [3.05, 3.63) is 41.1 Å². The van der Waals surface area contributed by atoms with Crippen molar-refractivity contribution in [3.63, 3.8) is 0 Å². The van der Waals surface area contributed by atoms with Crippen LogP contribution in [0.3, 0.4) is 0 Å². The fraction of sp³-hybridized carbons (Fsp3) is 0.500. The van der Waals surface area contributed by atoms with E-state index in [-0.39, 0.29) is 11.9 Å². The van der Waals surface area contributed by atoms with Gasteiger partial charge < -0.3 is 14.8 Å². The van der Waals surface area contributed by atoms with Gasteiger partial charge in [-0.15, -0.1) is 0 Å². The summed E-state index contributed by atoms with van der Waals surface area (Å²) in [5, 5.41) is 3.34. The molecule has 0 saturated carbocycles. The number of fused-ring (bicyclic) bond motifs is 4. The Labute approximate surface area is 131 Å². The summed E-state index contributed by atoms with van der Waals surface area (Å²) < 4.78 is 11.5. The lowest BCUT2D eigenvalue weighted by Crippen LogP contribution is -2.54. The summed E-state index contributed by atoms with van der Waals surface area (Å²) in [7, 11) is 0. The Bertz CT molecular complexity index is 623. The fourth-order valence-electron chi connectivity index (χ4n) is 3.39. The van der Waals surface area contributed by atoms with Crippen molar-refractivity contribution in [2.45, 2.75) is 51.7 Å². The number of ether oxygens (including phenoxy) is 2. The van der Waals surface area contributed by atoms with Crippen molar-refractivity contribution in [2.75, 3.05) is 6.61 Å². The van der Waals surface area contributed by atoms with E-state index in [1.165, 1.54) is 0 Å². The van der Waals surface area contributed by atoms with Crippen LogP contribution in [-0.2, 0) is 9.53 Å². The number of nitrogens with one attached hydrogen (secondary N) is 1. The molecule has 0 fully saturated rings. The number of hydrogen-bond donors (Lipinski definition) is 1. The molecule has 2 aliphatic heterocycles. The molecular formula is C18H23NO3. The number of unbranched alkanes of at least 4 members (excludes halogenated alkanes) is 1. The Morgan fingerprint density at radius 2 is 2.23 bits per heavy atom. The third-order valence-electron chi connectivity index (χ3n) is 4.38. The van der Waals surface area contributed by atoms with Crippen molar-refractivity contribution >= 4 is 5.97 Å². The summed E-state index contributed by atoms with van der Waals surface area (Å²) in [6.45, 7) is 6.52. The quantitative estimate of drug-likeness (QED) is 0.683. The van der Waals surface area contributed by atoms with Crippen molar-refractivity contribution < 1.29 is 14.3 Å². The van der Waals surface area contributed by atoms with Crippen LogP contribution in [-0.4, -0.2) is 18.3 Å². The van der Waals surface area contributed by atoms with Gasteiger partial charge in [0.15, 0.2) is 5.72 Å². The molecule has 0 amide bonds. The van der Waals surface area contributed by atoms with Gasteiger partial charge in [0, 0.05) is 23.6 Å². The van der Waals surface area contributed by atoms with E-state index in [2.05, 4.69) is 12.2 Å². The standard InChI is InChI=1S/C18H23NO3/c1-4-5-10-21-17(20)16-12(2)19-18(3)11-14(16)13-8-6-7-9-15(13)22-18/h6-9,14,19H,4-5,10-11H2,1-3H3. The fourth-order valence-corrected chi connectivity index (χ4v) is 3.39. The molecule has 2 aliphatic rings. The van der Waals surface area contributed by atoms with Gasteiger partial charge in [-0.2, -0.15) is 0 Å². The lowest BCUT2D eigenvalue weighted by Gasteiger charge is -2.45. The SMILES string of the molecule is CCCCOC(=O)C1=C(C)NC2(C)CC1c1ccccc1O2. The largest absolute Gasteiger partial charge is 0.468 e. The topological polar surface area (TPSA) is 47.6 Å². The monoisotopic (exact) mass is 301 g/mol. The number of allylic oxidation sites excluding steroid dienone is 1. The van der Waals surface area contributed by atoms with Crippen LogP contribution in [0.5, 0.6) is 5.75 Å². The van der Waals surface area contributed by atoms with Crippen molar-refractivity contribution in [1.82, 2.24) is 5.32 Å². The first kappa shape index (κ1) is 14.9. The van der Waals surface area contributed by atoms with Gasteiger partial charge in [-0.25, -0.2) is 4.79 Å². The average Bonchev–Trinajstić information content (AvgIpc) is 2.46. The average molecular weight is 301 g/mol. The zero-order chi connectivity index (χ0) is 15.7. The van der Waals surface area contributed by atoms with E-state index in [0.717, 1.165) is 41.8 Å². The molecule has 2 atom stereocenters. The Balaban J connectivity index is 1.94. The molecule has 0 saturated heterocycles. The third kappa shape index (κ3) is 2.58. The predicted octanol–water partition coefficient (Wildman–Crippen LogP) is 3.49. The van der Waals surface area contributed by atoms with Crippen LogP contribution in [0.15, 0.2) is 35.5 Å². The zero-order valence-electron chi connectivity index (χ0n) is 13.4. The molecule has 2 bridgehead atoms. The molecule has 22 heavy (non-hydrogen) atoms. The van der Waals surface area contributed by atoms with Gasteiger partial charge in [-0.05, 0) is 26.3 Å². The minimum Gasteiger partial charge on any atom is -0.468 e. The second kappa shape index (κ2) is 5.67. The maximum atomic E-state index is 12.5. The molecule has 3 rings (SSSR count). The Morgan fingerprint density at radius 1 is 1.45 bits per heavy atom. The number of carbonyl (C=O) groups excluding carboxylic acids is 1. The number of benzene rings is 1.